The molecular weight excluding hydrogens is 587 g/mol. The summed E-state index contributed by atoms with van der Waals surface area (Å²) in [5.41, 5.74) is 9.41. The molecule has 3 aromatic carbocycles. The molecule has 5 aromatic rings. The Morgan fingerprint density at radius 3 is 2.65 bits per heavy atom. The molecule has 0 aliphatic heterocycles. The van der Waals surface area contributed by atoms with E-state index in [0.29, 0.717) is 22.0 Å². The van der Waals surface area contributed by atoms with Gasteiger partial charge in [-0.05, 0) is 43.3 Å². The van der Waals surface area contributed by atoms with Gasteiger partial charge in [-0.15, -0.1) is 11.3 Å². The summed E-state index contributed by atoms with van der Waals surface area (Å²) in [5.74, 6) is -0.387. The number of Topliss-reactive ketones (excluding diaryl/α,β-unsaturated/α-hetero) is 1. The molecule has 5 rings (SSSR count). The molecule has 0 radical (unpaired) electrons. The molecule has 11 heteroatoms. The number of thiazole rings is 1. The number of hydrogen-bond donors (Lipinski definition) is 1. The fourth-order valence-corrected chi connectivity index (χ4v) is 6.65. The van der Waals surface area contributed by atoms with Gasteiger partial charge < -0.3 is 15.4 Å². The first-order chi connectivity index (χ1) is 19.2. The molecule has 0 unspecified atom stereocenters. The fraction of sp³-hybridized carbons (Fsp3) is 0.172. The summed E-state index contributed by atoms with van der Waals surface area (Å²) >= 11 is 15.9. The predicted octanol–water partition coefficient (Wildman–Crippen LogP) is 6.69. The molecule has 2 aromatic heterocycles. The zero-order chi connectivity index (χ0) is 28.4. The lowest BCUT2D eigenvalue weighted by Gasteiger charge is -2.23. The lowest BCUT2D eigenvalue weighted by molar-refractivity contribution is -0.127. The van der Waals surface area contributed by atoms with Crippen molar-refractivity contribution in [2.24, 2.45) is 5.73 Å². The molecule has 2 N–H and O–H groups in total. The third kappa shape index (κ3) is 5.94. The topological polar surface area (TPSA) is 98.4 Å². The third-order valence-corrected chi connectivity index (χ3v) is 9.25. The highest BCUT2D eigenvalue weighted by Gasteiger charge is 2.28. The highest BCUT2D eigenvalue weighted by Crippen LogP contribution is 2.36. The molecular formula is C29H24Cl2N4O3S2. The fourth-order valence-electron chi connectivity index (χ4n) is 4.06. The predicted molar refractivity (Wildman–Crippen MR) is 164 cm³/mol. The molecule has 0 saturated carbocycles. The maximum absolute atomic E-state index is 13.2. The lowest BCUT2D eigenvalue weighted by Crippen LogP contribution is -2.47. The summed E-state index contributed by atoms with van der Waals surface area (Å²) in [5, 5.41) is 1.56. The van der Waals surface area contributed by atoms with Crippen LogP contribution in [-0.2, 0) is 16.2 Å². The Bertz CT molecular complexity index is 1710. The normalized spacial score (nSPS) is 12.0. The molecule has 40 heavy (non-hydrogen) atoms. The van der Waals surface area contributed by atoms with Gasteiger partial charge in [-0.1, -0.05) is 65.3 Å². The van der Waals surface area contributed by atoms with Gasteiger partial charge in [-0.3, -0.25) is 9.59 Å². The summed E-state index contributed by atoms with van der Waals surface area (Å²) in [6.45, 7) is 1.96. The molecule has 0 aliphatic carbocycles. The zero-order valence-electron chi connectivity index (χ0n) is 21.6. The minimum atomic E-state index is -1.36. The van der Waals surface area contributed by atoms with Crippen LogP contribution in [0.1, 0.15) is 11.3 Å². The first-order valence-electron chi connectivity index (χ1n) is 12.2. The monoisotopic (exact) mass is 610 g/mol. The summed E-state index contributed by atoms with van der Waals surface area (Å²) in [6.07, 6.45) is 0. The van der Waals surface area contributed by atoms with Crippen LogP contribution in [0, 0.1) is 6.92 Å². The van der Waals surface area contributed by atoms with Crippen LogP contribution in [0.3, 0.4) is 0 Å². The molecule has 204 valence electrons. The van der Waals surface area contributed by atoms with E-state index in [0.717, 1.165) is 31.2 Å². The van der Waals surface area contributed by atoms with E-state index in [-0.39, 0.29) is 17.4 Å². The summed E-state index contributed by atoms with van der Waals surface area (Å²) in [7, 11) is 1.52. The van der Waals surface area contributed by atoms with Crippen molar-refractivity contribution in [3.05, 3.63) is 88.0 Å². The van der Waals surface area contributed by atoms with Crippen LogP contribution in [-0.4, -0.2) is 40.5 Å². The summed E-state index contributed by atoms with van der Waals surface area (Å²) in [6, 6.07) is 19.2. The number of ether oxygens (including phenoxy) is 1. The molecule has 7 nitrogen and oxygen atoms in total. The quantitative estimate of drug-likeness (QED) is 0.147. The van der Waals surface area contributed by atoms with E-state index in [1.54, 1.807) is 12.1 Å². The number of para-hydroxylation sites is 2. The van der Waals surface area contributed by atoms with E-state index in [2.05, 4.69) is 9.97 Å². The number of rotatable bonds is 9. The van der Waals surface area contributed by atoms with E-state index in [1.807, 2.05) is 61.5 Å². The van der Waals surface area contributed by atoms with Gasteiger partial charge in [0.05, 0.1) is 26.7 Å². The Kier molecular flexibility index (Phi) is 8.58. The molecule has 0 saturated heterocycles. The van der Waals surface area contributed by atoms with Crippen LogP contribution >= 0.6 is 46.3 Å². The number of nitrogens with zero attached hydrogens (tertiary/aromatic N) is 3. The van der Waals surface area contributed by atoms with Crippen molar-refractivity contribution in [2.45, 2.75) is 23.9 Å². The van der Waals surface area contributed by atoms with E-state index >= 15 is 0 Å². The van der Waals surface area contributed by atoms with E-state index in [1.165, 1.54) is 35.0 Å². The number of likely N-dealkylation sites (N-methyl/N-ethyl adjacent to an activating group) is 1. The second-order valence-corrected chi connectivity index (χ2v) is 12.0. The zero-order valence-corrected chi connectivity index (χ0v) is 24.7. The maximum atomic E-state index is 13.2. The van der Waals surface area contributed by atoms with Crippen LogP contribution in [0.15, 0.2) is 71.1 Å². The van der Waals surface area contributed by atoms with Gasteiger partial charge in [0.1, 0.15) is 23.9 Å². The number of pyridine rings is 1. The highest BCUT2D eigenvalue weighted by atomic mass is 35.5. The average molecular weight is 612 g/mol. The second-order valence-electron chi connectivity index (χ2n) is 9.01. The third-order valence-electron chi connectivity index (χ3n) is 6.28. The van der Waals surface area contributed by atoms with E-state index in [9.17, 15) is 9.59 Å². The minimum absolute atomic E-state index is 0.0204. The molecule has 0 bridgehead atoms. The van der Waals surface area contributed by atoms with Crippen LogP contribution in [0.2, 0.25) is 10.0 Å². The summed E-state index contributed by atoms with van der Waals surface area (Å²) in [4.78, 5) is 36.3. The second kappa shape index (κ2) is 12.1. The Balaban J connectivity index is 1.28. The molecule has 0 fully saturated rings. The Hall–Kier alpha value is -3.21. The largest absolute Gasteiger partial charge is 0.487 e. The van der Waals surface area contributed by atoms with Crippen molar-refractivity contribution < 1.29 is 14.3 Å². The van der Waals surface area contributed by atoms with Crippen molar-refractivity contribution in [3.8, 4) is 5.75 Å². The highest BCUT2D eigenvalue weighted by molar-refractivity contribution is 8.01. The van der Waals surface area contributed by atoms with Gasteiger partial charge in [0.25, 0.3) is 5.91 Å². The Morgan fingerprint density at radius 2 is 1.85 bits per heavy atom. The van der Waals surface area contributed by atoms with Crippen molar-refractivity contribution in [3.63, 3.8) is 0 Å². The summed E-state index contributed by atoms with van der Waals surface area (Å²) < 4.78 is 7.85. The van der Waals surface area contributed by atoms with Crippen LogP contribution in [0.5, 0.6) is 5.75 Å². The van der Waals surface area contributed by atoms with Gasteiger partial charge >= 0.3 is 0 Å². The average Bonchev–Trinajstić information content (AvgIpc) is 3.38. The number of ketones is 1. The number of fused-ring (bicyclic) bond motifs is 2. The van der Waals surface area contributed by atoms with Gasteiger partial charge in [-0.2, -0.15) is 0 Å². The Labute approximate surface area is 249 Å². The number of halogens is 2. The number of nitrogens with two attached hydrogens (primary N) is 1. The minimum Gasteiger partial charge on any atom is -0.487 e. The van der Waals surface area contributed by atoms with Gasteiger partial charge in [0, 0.05) is 28.7 Å². The lowest BCUT2D eigenvalue weighted by atomic mass is 10.1. The number of aryl methyl sites for hydroxylation is 1. The number of benzene rings is 3. The smallest absolute Gasteiger partial charge is 0.251 e. The number of thioether (sulfide) groups is 1. The molecule has 1 atom stereocenters. The van der Waals surface area contributed by atoms with Crippen molar-refractivity contribution in [1.82, 2.24) is 9.97 Å². The molecule has 0 aliphatic rings. The van der Waals surface area contributed by atoms with E-state index < -0.39 is 17.7 Å². The van der Waals surface area contributed by atoms with Crippen LogP contribution in [0.25, 0.3) is 21.1 Å². The van der Waals surface area contributed by atoms with Gasteiger partial charge in [-0.25, -0.2) is 9.97 Å². The number of anilines is 1. The van der Waals surface area contributed by atoms with Gasteiger partial charge in [0.15, 0.2) is 10.1 Å². The molecule has 0 spiro atoms. The van der Waals surface area contributed by atoms with Crippen molar-refractivity contribution in [2.75, 3.05) is 17.7 Å². The maximum Gasteiger partial charge on any atom is 0.251 e. The van der Waals surface area contributed by atoms with Crippen molar-refractivity contribution >= 4 is 84.8 Å². The molecule has 1 amide bonds. The molecule has 2 heterocycles. The standard InChI is InChI=1S/C29H24Cl2N4O3S2/c1-16-10-11-17-6-5-8-23(27(17)33-16)38-14-18-19(30)12-13-21(25(18)31)35(2)28(37)26(32)22(36)15-39-29-34-20-7-3-4-9-24(20)40-29/h3-13,26H,14-15,32H2,1-2H3/t26-/m0/s1. The number of amides is 1. The van der Waals surface area contributed by atoms with Crippen LogP contribution in [0.4, 0.5) is 5.69 Å². The van der Waals surface area contributed by atoms with Crippen LogP contribution < -0.4 is 15.4 Å². The first kappa shape index (κ1) is 28.3. The number of carbonyl (C=O) groups is 2. The Morgan fingerprint density at radius 1 is 1.05 bits per heavy atom. The number of carbonyl (C=O) groups excluding carboxylic acids is 2. The first-order valence-corrected chi connectivity index (χ1v) is 14.8. The SMILES string of the molecule is Cc1ccc2cccc(OCc3c(Cl)ccc(N(C)C(=O)[C@@H](N)C(=O)CSc4nc5ccccc5s4)c3Cl)c2n1. The van der Waals surface area contributed by atoms with Crippen molar-refractivity contribution in [1.29, 1.82) is 0 Å². The number of aromatic nitrogens is 2. The number of hydrogen-bond acceptors (Lipinski definition) is 8. The van der Waals surface area contributed by atoms with E-state index in [4.69, 9.17) is 33.7 Å². The van der Waals surface area contributed by atoms with Gasteiger partial charge in [0.2, 0.25) is 0 Å².